The molecule has 0 aliphatic carbocycles. The summed E-state index contributed by atoms with van der Waals surface area (Å²) >= 11 is 0. The van der Waals surface area contributed by atoms with E-state index in [4.69, 9.17) is 14.2 Å². The fraction of sp³-hybridized carbons (Fsp3) is 0.550. The monoisotopic (exact) mass is 364 g/mol. The minimum Gasteiger partial charge on any atom is -0.461 e. The Morgan fingerprint density at radius 3 is 2.46 bits per heavy atom. The van der Waals surface area contributed by atoms with Gasteiger partial charge in [0.05, 0.1) is 12.5 Å². The predicted molar refractivity (Wildman–Crippen MR) is 97.0 cm³/mol. The molecule has 0 saturated carbocycles. The average molecular weight is 364 g/mol. The second-order valence-corrected chi connectivity index (χ2v) is 6.98. The zero-order valence-electron chi connectivity index (χ0n) is 16.2. The van der Waals surface area contributed by atoms with Crippen LogP contribution in [-0.2, 0) is 28.6 Å². The first-order valence-corrected chi connectivity index (χ1v) is 8.66. The van der Waals surface area contributed by atoms with Gasteiger partial charge in [-0.05, 0) is 39.7 Å². The number of ether oxygens (including phenoxy) is 3. The average Bonchev–Trinajstić information content (AvgIpc) is 2.43. The number of esters is 2. The SMILES string of the molecule is CC(C)=CCC/C(C)=C/COC(=O)CC(=O)CC1=CC(=O)OC(C)(C)O1. The number of allylic oxidation sites excluding steroid dienone is 4. The lowest BCUT2D eigenvalue weighted by Gasteiger charge is -2.30. The van der Waals surface area contributed by atoms with E-state index < -0.39 is 17.7 Å². The second kappa shape index (κ2) is 9.94. The summed E-state index contributed by atoms with van der Waals surface area (Å²) in [6.45, 7) is 9.37. The van der Waals surface area contributed by atoms with Crippen LogP contribution in [0.1, 0.15) is 60.3 Å². The molecule has 0 spiro atoms. The van der Waals surface area contributed by atoms with Gasteiger partial charge in [0.25, 0.3) is 0 Å². The molecule has 0 radical (unpaired) electrons. The van der Waals surface area contributed by atoms with Crippen molar-refractivity contribution in [2.45, 2.75) is 66.1 Å². The Balaban J connectivity index is 2.35. The van der Waals surface area contributed by atoms with Crippen LogP contribution in [0.15, 0.2) is 35.1 Å². The van der Waals surface area contributed by atoms with Gasteiger partial charge in [-0.15, -0.1) is 0 Å². The quantitative estimate of drug-likeness (QED) is 0.352. The molecule has 26 heavy (non-hydrogen) atoms. The van der Waals surface area contributed by atoms with Gasteiger partial charge >= 0.3 is 11.9 Å². The fourth-order valence-corrected chi connectivity index (χ4v) is 2.29. The van der Waals surface area contributed by atoms with Gasteiger partial charge in [0.1, 0.15) is 18.8 Å². The van der Waals surface area contributed by atoms with E-state index in [1.165, 1.54) is 5.57 Å². The van der Waals surface area contributed by atoms with Crippen molar-refractivity contribution >= 4 is 17.7 Å². The van der Waals surface area contributed by atoms with Crippen LogP contribution in [0.3, 0.4) is 0 Å². The number of rotatable bonds is 9. The summed E-state index contributed by atoms with van der Waals surface area (Å²) in [7, 11) is 0. The molecule has 6 heteroatoms. The number of hydrogen-bond acceptors (Lipinski definition) is 6. The van der Waals surface area contributed by atoms with Gasteiger partial charge in [-0.1, -0.05) is 17.2 Å². The Labute approximate surface area is 154 Å². The van der Waals surface area contributed by atoms with Crippen LogP contribution in [0.4, 0.5) is 0 Å². The van der Waals surface area contributed by atoms with Crippen molar-refractivity contribution in [2.75, 3.05) is 6.61 Å². The highest BCUT2D eigenvalue weighted by Gasteiger charge is 2.31. The van der Waals surface area contributed by atoms with E-state index in [1.807, 2.05) is 13.0 Å². The number of ketones is 1. The summed E-state index contributed by atoms with van der Waals surface area (Å²) in [5.41, 5.74) is 2.40. The lowest BCUT2D eigenvalue weighted by Crippen LogP contribution is -2.34. The van der Waals surface area contributed by atoms with E-state index in [9.17, 15) is 14.4 Å². The third kappa shape index (κ3) is 9.20. The summed E-state index contributed by atoms with van der Waals surface area (Å²) in [4.78, 5) is 35.1. The maximum atomic E-state index is 11.9. The summed E-state index contributed by atoms with van der Waals surface area (Å²) in [5, 5.41) is 0. The molecule has 1 rings (SSSR count). The van der Waals surface area contributed by atoms with Crippen molar-refractivity contribution in [1.29, 1.82) is 0 Å². The van der Waals surface area contributed by atoms with E-state index in [-0.39, 0.29) is 31.0 Å². The summed E-state index contributed by atoms with van der Waals surface area (Å²) in [6, 6.07) is 0. The van der Waals surface area contributed by atoms with Crippen LogP contribution in [0.25, 0.3) is 0 Å². The van der Waals surface area contributed by atoms with Gasteiger partial charge in [0.15, 0.2) is 5.78 Å². The van der Waals surface area contributed by atoms with Gasteiger partial charge in [0.2, 0.25) is 5.79 Å². The third-order valence-corrected chi connectivity index (χ3v) is 3.48. The van der Waals surface area contributed by atoms with Crippen molar-refractivity contribution in [3.63, 3.8) is 0 Å². The normalized spacial score (nSPS) is 16.1. The molecular formula is C20H28O6. The van der Waals surface area contributed by atoms with Crippen molar-refractivity contribution in [1.82, 2.24) is 0 Å². The van der Waals surface area contributed by atoms with Crippen molar-refractivity contribution in [2.24, 2.45) is 0 Å². The van der Waals surface area contributed by atoms with E-state index in [0.717, 1.165) is 24.5 Å². The van der Waals surface area contributed by atoms with Crippen LogP contribution in [-0.4, -0.2) is 30.1 Å². The van der Waals surface area contributed by atoms with Crippen molar-refractivity contribution in [3.8, 4) is 0 Å². The Bertz CT molecular complexity index is 633. The van der Waals surface area contributed by atoms with Gasteiger partial charge < -0.3 is 14.2 Å². The van der Waals surface area contributed by atoms with Crippen LogP contribution in [0.2, 0.25) is 0 Å². The molecule has 0 aromatic carbocycles. The van der Waals surface area contributed by atoms with Crippen LogP contribution >= 0.6 is 0 Å². The van der Waals surface area contributed by atoms with E-state index in [0.29, 0.717) is 0 Å². The highest BCUT2D eigenvalue weighted by Crippen LogP contribution is 2.24. The Kier molecular flexibility index (Phi) is 8.29. The number of carbonyl (C=O) groups excluding carboxylic acids is 3. The van der Waals surface area contributed by atoms with E-state index in [2.05, 4.69) is 19.9 Å². The zero-order chi connectivity index (χ0) is 19.7. The van der Waals surface area contributed by atoms with Gasteiger partial charge in [-0.3, -0.25) is 9.59 Å². The number of Topliss-reactive ketones (excluding diaryl/α,β-unsaturated/α-hetero) is 1. The number of cyclic esters (lactones) is 1. The second-order valence-electron chi connectivity index (χ2n) is 6.98. The van der Waals surface area contributed by atoms with E-state index in [1.54, 1.807) is 13.8 Å². The Hall–Kier alpha value is -2.37. The Morgan fingerprint density at radius 1 is 1.15 bits per heavy atom. The lowest BCUT2D eigenvalue weighted by molar-refractivity contribution is -0.205. The molecule has 0 N–H and O–H groups in total. The van der Waals surface area contributed by atoms with Crippen molar-refractivity contribution < 1.29 is 28.6 Å². The molecule has 0 aromatic heterocycles. The molecule has 0 saturated heterocycles. The smallest absolute Gasteiger partial charge is 0.337 e. The maximum absolute atomic E-state index is 11.9. The highest BCUT2D eigenvalue weighted by molar-refractivity contribution is 5.97. The molecule has 144 valence electrons. The summed E-state index contributed by atoms with van der Waals surface area (Å²) in [6.07, 6.45) is 6.46. The predicted octanol–water partition coefficient (Wildman–Crippen LogP) is 3.77. The first kappa shape index (κ1) is 21.7. The molecule has 0 amide bonds. The largest absolute Gasteiger partial charge is 0.461 e. The number of hydrogen-bond donors (Lipinski definition) is 0. The number of carbonyl (C=O) groups is 3. The molecule has 1 aliphatic rings. The molecular weight excluding hydrogens is 336 g/mol. The molecule has 6 nitrogen and oxygen atoms in total. The van der Waals surface area contributed by atoms with Crippen molar-refractivity contribution in [3.05, 3.63) is 35.1 Å². The maximum Gasteiger partial charge on any atom is 0.337 e. The van der Waals surface area contributed by atoms with Gasteiger partial charge in [0, 0.05) is 13.8 Å². The Morgan fingerprint density at radius 2 is 1.85 bits per heavy atom. The fourth-order valence-electron chi connectivity index (χ4n) is 2.29. The van der Waals surface area contributed by atoms with Crippen LogP contribution in [0, 0.1) is 0 Å². The minimum atomic E-state index is -1.12. The summed E-state index contributed by atoms with van der Waals surface area (Å²) in [5.74, 6) is -2.47. The van der Waals surface area contributed by atoms with Crippen LogP contribution < -0.4 is 0 Å². The first-order valence-electron chi connectivity index (χ1n) is 8.66. The topological polar surface area (TPSA) is 78.9 Å². The zero-order valence-corrected chi connectivity index (χ0v) is 16.2. The van der Waals surface area contributed by atoms with Gasteiger partial charge in [-0.2, -0.15) is 0 Å². The molecule has 0 bridgehead atoms. The molecule has 0 atom stereocenters. The first-order chi connectivity index (χ1) is 12.1. The van der Waals surface area contributed by atoms with E-state index >= 15 is 0 Å². The molecule has 1 heterocycles. The molecule has 1 aliphatic heterocycles. The lowest BCUT2D eigenvalue weighted by atomic mass is 10.1. The summed E-state index contributed by atoms with van der Waals surface area (Å²) < 4.78 is 15.4. The standard InChI is InChI=1S/C20H28O6/c1-14(2)7-6-8-15(3)9-10-24-18(22)12-16(21)11-17-13-19(23)26-20(4,5)25-17/h7,9,13H,6,8,10-12H2,1-5H3/b15-9+. The molecule has 0 unspecified atom stereocenters. The highest BCUT2D eigenvalue weighted by atomic mass is 16.7. The van der Waals surface area contributed by atoms with Crippen LogP contribution in [0.5, 0.6) is 0 Å². The third-order valence-electron chi connectivity index (χ3n) is 3.48. The minimum absolute atomic E-state index is 0.144. The molecule has 0 aromatic rings. The molecule has 0 fully saturated rings. The van der Waals surface area contributed by atoms with Gasteiger partial charge in [-0.25, -0.2) is 4.79 Å².